The number of aryl methyl sites for hydroxylation is 2. The third-order valence-corrected chi connectivity index (χ3v) is 4.29. The maximum Gasteiger partial charge on any atom is 0.243 e. The van der Waals surface area contributed by atoms with E-state index in [4.69, 9.17) is 16.0 Å². The van der Waals surface area contributed by atoms with Crippen LogP contribution in [0.4, 0.5) is 5.95 Å². The van der Waals surface area contributed by atoms with Crippen molar-refractivity contribution in [1.82, 2.24) is 9.97 Å². The molecule has 0 atom stereocenters. The molecule has 1 N–H and O–H groups in total. The van der Waals surface area contributed by atoms with Crippen molar-refractivity contribution in [3.8, 4) is 11.3 Å². The summed E-state index contributed by atoms with van der Waals surface area (Å²) in [5.41, 5.74) is 6.39. The molecule has 0 spiro atoms. The van der Waals surface area contributed by atoms with Crippen molar-refractivity contribution in [2.24, 2.45) is 5.10 Å². The van der Waals surface area contributed by atoms with Crippen LogP contribution in [0.2, 0.25) is 5.02 Å². The lowest BCUT2D eigenvalue weighted by molar-refractivity contribution is 0.618. The summed E-state index contributed by atoms with van der Waals surface area (Å²) < 4.78 is 6.06. The van der Waals surface area contributed by atoms with Gasteiger partial charge in [0.15, 0.2) is 0 Å². The normalized spacial score (nSPS) is 11.7. The number of anilines is 1. The second-order valence-corrected chi connectivity index (χ2v) is 6.63. The van der Waals surface area contributed by atoms with Gasteiger partial charge in [-0.2, -0.15) is 5.10 Å². The van der Waals surface area contributed by atoms with E-state index in [1.165, 1.54) is 0 Å². The van der Waals surface area contributed by atoms with Crippen LogP contribution in [0.3, 0.4) is 0 Å². The van der Waals surface area contributed by atoms with Gasteiger partial charge in [0.2, 0.25) is 5.95 Å². The monoisotopic (exact) mass is 376 g/mol. The fourth-order valence-electron chi connectivity index (χ4n) is 2.85. The highest BCUT2D eigenvalue weighted by molar-refractivity contribution is 6.30. The Balaban J connectivity index is 1.84. The quantitative estimate of drug-likeness (QED) is 0.506. The van der Waals surface area contributed by atoms with Gasteiger partial charge < -0.3 is 4.42 Å². The molecule has 134 valence electrons. The molecular weight excluding hydrogens is 360 g/mol. The van der Waals surface area contributed by atoms with Crippen LogP contribution in [0.25, 0.3) is 22.3 Å². The third-order valence-electron chi connectivity index (χ3n) is 4.04. The summed E-state index contributed by atoms with van der Waals surface area (Å²) in [5.74, 6) is 1.16. The third kappa shape index (κ3) is 3.83. The molecule has 0 aliphatic rings. The molecule has 0 saturated carbocycles. The minimum atomic E-state index is 0.463. The highest BCUT2D eigenvalue weighted by Crippen LogP contribution is 2.23. The maximum atomic E-state index is 6.06. The van der Waals surface area contributed by atoms with Crippen LogP contribution in [0, 0.1) is 13.8 Å². The van der Waals surface area contributed by atoms with E-state index in [-0.39, 0.29) is 0 Å². The van der Waals surface area contributed by atoms with E-state index in [1.54, 1.807) is 0 Å². The Hall–Kier alpha value is -3.18. The predicted molar refractivity (Wildman–Crippen MR) is 107 cm³/mol. The number of aromatic nitrogens is 2. The second kappa shape index (κ2) is 7.21. The van der Waals surface area contributed by atoms with Crippen molar-refractivity contribution in [3.05, 3.63) is 82.4 Å². The van der Waals surface area contributed by atoms with Crippen molar-refractivity contribution in [2.75, 3.05) is 5.43 Å². The summed E-state index contributed by atoms with van der Waals surface area (Å²) >= 11 is 6.00. The topological polar surface area (TPSA) is 63.3 Å². The first-order valence-corrected chi connectivity index (χ1v) is 8.87. The largest absolute Gasteiger partial charge is 0.456 e. The standard InChI is InChI=1S/C21H17ClN4O/c1-13-11-14(2)24-21(23-13)26-25-18-12-20(15-7-9-16(22)10-8-15)27-19-6-4-3-5-17(18)19/h3-12H,1-2H3,(H,23,24,26)/b25-18-. The number of fused-ring (bicyclic) bond motifs is 1. The second-order valence-electron chi connectivity index (χ2n) is 6.20. The molecule has 5 nitrogen and oxygen atoms in total. The molecule has 27 heavy (non-hydrogen) atoms. The minimum absolute atomic E-state index is 0.463. The summed E-state index contributed by atoms with van der Waals surface area (Å²) in [6.07, 6.45) is 0. The first-order chi connectivity index (χ1) is 13.1. The highest BCUT2D eigenvalue weighted by atomic mass is 35.5. The molecule has 0 saturated heterocycles. The van der Waals surface area contributed by atoms with Gasteiger partial charge in [0.25, 0.3) is 0 Å². The molecule has 0 bridgehead atoms. The minimum Gasteiger partial charge on any atom is -0.456 e. The number of rotatable bonds is 3. The summed E-state index contributed by atoms with van der Waals surface area (Å²) in [4.78, 5) is 8.73. The van der Waals surface area contributed by atoms with E-state index < -0.39 is 0 Å². The van der Waals surface area contributed by atoms with Crippen LogP contribution >= 0.6 is 11.6 Å². The maximum absolute atomic E-state index is 6.06. The van der Waals surface area contributed by atoms with Gasteiger partial charge in [-0.05, 0) is 56.3 Å². The van der Waals surface area contributed by atoms with E-state index in [0.29, 0.717) is 16.7 Å². The molecule has 0 aliphatic carbocycles. The Kier molecular flexibility index (Phi) is 4.60. The summed E-state index contributed by atoms with van der Waals surface area (Å²) in [7, 11) is 0. The fraction of sp³-hybridized carbons (Fsp3) is 0.0952. The number of hydrogen-bond acceptors (Lipinski definition) is 5. The average Bonchev–Trinajstić information content (AvgIpc) is 2.66. The lowest BCUT2D eigenvalue weighted by Gasteiger charge is -2.06. The Morgan fingerprint density at radius 2 is 1.63 bits per heavy atom. The van der Waals surface area contributed by atoms with Gasteiger partial charge in [-0.1, -0.05) is 23.7 Å². The lowest BCUT2D eigenvalue weighted by atomic mass is 10.1. The molecule has 0 radical (unpaired) electrons. The average molecular weight is 377 g/mol. The zero-order chi connectivity index (χ0) is 18.8. The predicted octanol–water partition coefficient (Wildman–Crippen LogP) is 5.09. The van der Waals surface area contributed by atoms with Crippen molar-refractivity contribution in [2.45, 2.75) is 13.8 Å². The molecule has 0 amide bonds. The van der Waals surface area contributed by atoms with Crippen LogP contribution in [-0.2, 0) is 0 Å². The van der Waals surface area contributed by atoms with Crippen molar-refractivity contribution in [1.29, 1.82) is 0 Å². The molecule has 0 aliphatic heterocycles. The molecule has 2 aromatic heterocycles. The van der Waals surface area contributed by atoms with Gasteiger partial charge in [-0.15, -0.1) is 0 Å². The molecule has 6 heteroatoms. The number of hydrogen-bond donors (Lipinski definition) is 1. The van der Waals surface area contributed by atoms with Crippen molar-refractivity contribution < 1.29 is 4.42 Å². The fourth-order valence-corrected chi connectivity index (χ4v) is 2.98. The van der Waals surface area contributed by atoms with E-state index in [0.717, 1.165) is 33.3 Å². The lowest BCUT2D eigenvalue weighted by Crippen LogP contribution is -2.09. The highest BCUT2D eigenvalue weighted by Gasteiger charge is 2.06. The SMILES string of the molecule is Cc1cc(C)nc(N/N=c2/cc(-c3ccc(Cl)cc3)oc3ccccc23)n1. The van der Waals surface area contributed by atoms with Gasteiger partial charge >= 0.3 is 0 Å². The van der Waals surface area contributed by atoms with Crippen LogP contribution < -0.4 is 10.8 Å². The van der Waals surface area contributed by atoms with Crippen molar-refractivity contribution in [3.63, 3.8) is 0 Å². The first-order valence-electron chi connectivity index (χ1n) is 8.49. The molecule has 0 fully saturated rings. The molecule has 4 rings (SSSR count). The molecule has 0 unspecified atom stereocenters. The van der Waals surface area contributed by atoms with Crippen molar-refractivity contribution >= 4 is 28.5 Å². The number of halogens is 1. The van der Waals surface area contributed by atoms with Gasteiger partial charge in [0.05, 0.1) is 5.36 Å². The zero-order valence-corrected chi connectivity index (χ0v) is 15.7. The van der Waals surface area contributed by atoms with Crippen LogP contribution in [0.5, 0.6) is 0 Å². The van der Waals surface area contributed by atoms with E-state index in [9.17, 15) is 0 Å². The van der Waals surface area contributed by atoms with E-state index in [2.05, 4.69) is 20.5 Å². The molecule has 2 aromatic carbocycles. The number of nitrogens with one attached hydrogen (secondary N) is 1. The van der Waals surface area contributed by atoms with Crippen LogP contribution in [0.1, 0.15) is 11.4 Å². The van der Waals surface area contributed by atoms with Gasteiger partial charge in [-0.3, -0.25) is 0 Å². The van der Waals surface area contributed by atoms with E-state index >= 15 is 0 Å². The molecule has 4 aromatic rings. The molecule has 2 heterocycles. The Morgan fingerprint density at radius 1 is 0.926 bits per heavy atom. The number of para-hydroxylation sites is 1. The van der Waals surface area contributed by atoms with Gasteiger partial charge in [0, 0.05) is 33.4 Å². The van der Waals surface area contributed by atoms with Gasteiger partial charge in [0.1, 0.15) is 11.3 Å². The van der Waals surface area contributed by atoms with Gasteiger partial charge in [-0.25, -0.2) is 15.4 Å². The smallest absolute Gasteiger partial charge is 0.243 e. The number of benzene rings is 2. The first kappa shape index (κ1) is 17.2. The van der Waals surface area contributed by atoms with Crippen LogP contribution in [0.15, 0.2) is 70.2 Å². The Morgan fingerprint density at radius 3 is 2.37 bits per heavy atom. The number of nitrogens with zero attached hydrogens (tertiary/aromatic N) is 3. The molecular formula is C21H17ClN4O. The van der Waals surface area contributed by atoms with Crippen LogP contribution in [-0.4, -0.2) is 9.97 Å². The summed E-state index contributed by atoms with van der Waals surface area (Å²) in [6.45, 7) is 3.85. The van der Waals surface area contributed by atoms with E-state index in [1.807, 2.05) is 74.5 Å². The zero-order valence-electron chi connectivity index (χ0n) is 14.9. The summed E-state index contributed by atoms with van der Waals surface area (Å²) in [6, 6.07) is 19.1. The Labute approximate surface area is 161 Å². The Bertz CT molecular complexity index is 1160. The summed E-state index contributed by atoms with van der Waals surface area (Å²) in [5, 5.41) is 6.84.